The molecule has 2 aliphatic rings. The van der Waals surface area contributed by atoms with Gasteiger partial charge in [-0.2, -0.15) is 0 Å². The van der Waals surface area contributed by atoms with Crippen molar-refractivity contribution in [3.63, 3.8) is 0 Å². The molecule has 2 fully saturated rings. The molecule has 2 unspecified atom stereocenters. The van der Waals surface area contributed by atoms with Gasteiger partial charge in [0, 0.05) is 31.1 Å². The molecule has 2 atom stereocenters. The first kappa shape index (κ1) is 14.6. The fourth-order valence-corrected chi connectivity index (χ4v) is 4.84. The summed E-state index contributed by atoms with van der Waals surface area (Å²) < 4.78 is 26.2. The van der Waals surface area contributed by atoms with Crippen molar-refractivity contribution in [3.05, 3.63) is 0 Å². The van der Waals surface area contributed by atoms with Crippen LogP contribution >= 0.6 is 11.6 Å². The molecule has 0 aromatic rings. The van der Waals surface area contributed by atoms with Crippen LogP contribution in [0.4, 0.5) is 0 Å². The largest absolute Gasteiger partial charge is 0.299 e. The second-order valence-electron chi connectivity index (χ2n) is 5.41. The predicted molar refractivity (Wildman–Crippen MR) is 74.5 cm³/mol. The minimum Gasteiger partial charge on any atom is -0.299 e. The van der Waals surface area contributed by atoms with Crippen molar-refractivity contribution in [1.82, 2.24) is 9.21 Å². The highest BCUT2D eigenvalue weighted by Gasteiger charge is 2.37. The van der Waals surface area contributed by atoms with Crippen molar-refractivity contribution in [1.29, 1.82) is 0 Å². The predicted octanol–water partition coefficient (Wildman–Crippen LogP) is 1.50. The lowest BCUT2D eigenvalue weighted by Gasteiger charge is -2.25. The van der Waals surface area contributed by atoms with Crippen LogP contribution in [0.2, 0.25) is 0 Å². The van der Waals surface area contributed by atoms with Gasteiger partial charge in [-0.05, 0) is 39.2 Å². The highest BCUT2D eigenvalue weighted by atomic mass is 35.5. The quantitative estimate of drug-likeness (QED) is 0.570. The van der Waals surface area contributed by atoms with Gasteiger partial charge >= 0.3 is 0 Å². The molecule has 4 nitrogen and oxygen atoms in total. The third kappa shape index (κ3) is 3.18. The molecule has 0 spiro atoms. The number of unbranched alkanes of at least 4 members (excludes halogenated alkanes) is 1. The first-order valence-corrected chi connectivity index (χ1v) is 8.94. The van der Waals surface area contributed by atoms with Crippen LogP contribution in [0.5, 0.6) is 0 Å². The fourth-order valence-electron chi connectivity index (χ4n) is 3.04. The van der Waals surface area contributed by atoms with E-state index in [0.717, 1.165) is 19.3 Å². The lowest BCUT2D eigenvalue weighted by molar-refractivity contribution is 0.246. The smallest absolute Gasteiger partial charge is 0.214 e. The van der Waals surface area contributed by atoms with Crippen molar-refractivity contribution in [3.8, 4) is 0 Å². The normalized spacial score (nSPS) is 30.6. The number of hydrogen-bond donors (Lipinski definition) is 0. The lowest BCUT2D eigenvalue weighted by atomic mass is 10.1. The topological polar surface area (TPSA) is 40.6 Å². The van der Waals surface area contributed by atoms with E-state index in [1.165, 1.54) is 6.42 Å². The molecule has 0 aromatic heterocycles. The van der Waals surface area contributed by atoms with Gasteiger partial charge in [-0.15, -0.1) is 11.6 Å². The Labute approximate surface area is 115 Å². The Kier molecular flexibility index (Phi) is 4.92. The number of sulfonamides is 1. The number of fused-ring (bicyclic) bond motifs is 2. The Bertz CT molecular complexity index is 374. The molecule has 0 aromatic carbocycles. The maximum atomic E-state index is 12.3. The highest BCUT2D eigenvalue weighted by molar-refractivity contribution is 7.89. The summed E-state index contributed by atoms with van der Waals surface area (Å²) >= 11 is 5.60. The second-order valence-corrected chi connectivity index (χ2v) is 7.88. The number of alkyl halides is 1. The maximum absolute atomic E-state index is 12.3. The Morgan fingerprint density at radius 1 is 1.17 bits per heavy atom. The van der Waals surface area contributed by atoms with E-state index in [-0.39, 0.29) is 5.75 Å². The summed E-state index contributed by atoms with van der Waals surface area (Å²) in [4.78, 5) is 2.37. The average Bonchev–Trinajstić information content (AvgIpc) is 2.52. The van der Waals surface area contributed by atoms with E-state index in [4.69, 9.17) is 11.6 Å². The Morgan fingerprint density at radius 3 is 2.61 bits per heavy atom. The van der Waals surface area contributed by atoms with E-state index < -0.39 is 10.0 Å². The summed E-state index contributed by atoms with van der Waals surface area (Å²) in [6.07, 6.45) is 4.78. The van der Waals surface area contributed by atoms with E-state index >= 15 is 0 Å². The van der Waals surface area contributed by atoms with Crippen molar-refractivity contribution in [2.24, 2.45) is 0 Å². The van der Waals surface area contributed by atoms with E-state index in [1.54, 1.807) is 4.31 Å². The number of rotatable bonds is 5. The zero-order chi connectivity index (χ0) is 13.2. The Hall–Kier alpha value is 0.160. The summed E-state index contributed by atoms with van der Waals surface area (Å²) in [5.41, 5.74) is 0. The molecule has 18 heavy (non-hydrogen) atoms. The Morgan fingerprint density at radius 2 is 1.89 bits per heavy atom. The maximum Gasteiger partial charge on any atom is 0.214 e. The molecule has 106 valence electrons. The second kappa shape index (κ2) is 6.07. The van der Waals surface area contributed by atoms with Crippen LogP contribution in [0.15, 0.2) is 0 Å². The summed E-state index contributed by atoms with van der Waals surface area (Å²) in [7, 11) is -0.946. The van der Waals surface area contributed by atoms with Crippen LogP contribution in [0.25, 0.3) is 0 Å². The van der Waals surface area contributed by atoms with Crippen molar-refractivity contribution in [2.75, 3.05) is 31.8 Å². The van der Waals surface area contributed by atoms with Gasteiger partial charge in [-0.3, -0.25) is 4.90 Å². The number of nitrogens with zero attached hydrogens (tertiary/aromatic N) is 2. The van der Waals surface area contributed by atoms with Gasteiger partial charge in [0.15, 0.2) is 0 Å². The standard InChI is InChI=1S/C12H23ClN2O2S/c1-14-11-4-5-12(14)10-15(8-6-11)18(16,17)9-3-2-7-13/h11-12H,2-10H2,1H3. The highest BCUT2D eigenvalue weighted by Crippen LogP contribution is 2.29. The Balaban J connectivity index is 1.96. The average molecular weight is 295 g/mol. The van der Waals surface area contributed by atoms with Crippen LogP contribution in [-0.4, -0.2) is 61.5 Å². The van der Waals surface area contributed by atoms with Crippen LogP contribution in [0.3, 0.4) is 0 Å². The van der Waals surface area contributed by atoms with E-state index in [0.29, 0.717) is 37.5 Å². The number of halogens is 1. The lowest BCUT2D eigenvalue weighted by Crippen LogP contribution is -2.40. The summed E-state index contributed by atoms with van der Waals surface area (Å²) in [6, 6.07) is 0.998. The molecule has 2 saturated heterocycles. The van der Waals surface area contributed by atoms with Crippen LogP contribution in [0, 0.1) is 0 Å². The molecular formula is C12H23ClN2O2S. The molecular weight excluding hydrogens is 272 g/mol. The third-order valence-corrected chi connectivity index (χ3v) is 6.48. The molecule has 2 rings (SSSR count). The monoisotopic (exact) mass is 294 g/mol. The summed E-state index contributed by atoms with van der Waals surface area (Å²) in [5, 5.41) is 0. The van der Waals surface area contributed by atoms with Crippen molar-refractivity contribution < 1.29 is 8.42 Å². The van der Waals surface area contributed by atoms with Gasteiger partial charge < -0.3 is 0 Å². The van der Waals surface area contributed by atoms with E-state index in [9.17, 15) is 8.42 Å². The molecule has 2 heterocycles. The minimum absolute atomic E-state index is 0.251. The van der Waals surface area contributed by atoms with Crippen LogP contribution < -0.4 is 0 Å². The SMILES string of the molecule is CN1C2CCC1CN(S(=O)(=O)CCCCCl)CC2. The summed E-state index contributed by atoms with van der Waals surface area (Å²) in [5.74, 6) is 0.795. The van der Waals surface area contributed by atoms with Gasteiger partial charge in [0.2, 0.25) is 10.0 Å². The minimum atomic E-state index is -3.08. The van der Waals surface area contributed by atoms with Crippen LogP contribution in [-0.2, 0) is 10.0 Å². The summed E-state index contributed by atoms with van der Waals surface area (Å²) in [6.45, 7) is 1.37. The fraction of sp³-hybridized carbons (Fsp3) is 1.00. The molecule has 0 amide bonds. The molecule has 0 aliphatic carbocycles. The van der Waals surface area contributed by atoms with E-state index in [2.05, 4.69) is 11.9 Å². The van der Waals surface area contributed by atoms with Gasteiger partial charge in [-0.25, -0.2) is 12.7 Å². The molecule has 0 radical (unpaired) electrons. The first-order valence-electron chi connectivity index (χ1n) is 6.80. The first-order chi connectivity index (χ1) is 8.54. The molecule has 6 heteroatoms. The third-order valence-electron chi connectivity index (χ3n) is 4.29. The molecule has 2 bridgehead atoms. The van der Waals surface area contributed by atoms with Gasteiger partial charge in [-0.1, -0.05) is 0 Å². The van der Waals surface area contributed by atoms with Gasteiger partial charge in [0.25, 0.3) is 0 Å². The molecule has 0 N–H and O–H groups in total. The number of hydrogen-bond acceptors (Lipinski definition) is 3. The molecule has 2 aliphatic heterocycles. The van der Waals surface area contributed by atoms with Crippen molar-refractivity contribution >= 4 is 21.6 Å². The zero-order valence-electron chi connectivity index (χ0n) is 11.0. The molecule has 0 saturated carbocycles. The zero-order valence-corrected chi connectivity index (χ0v) is 12.6. The van der Waals surface area contributed by atoms with Crippen molar-refractivity contribution in [2.45, 2.75) is 44.2 Å². The van der Waals surface area contributed by atoms with Gasteiger partial charge in [0.05, 0.1) is 5.75 Å². The van der Waals surface area contributed by atoms with E-state index in [1.807, 2.05) is 0 Å². The number of likely N-dealkylation sites (N-methyl/N-ethyl adjacent to an activating group) is 1. The van der Waals surface area contributed by atoms with Gasteiger partial charge in [0.1, 0.15) is 0 Å². The van der Waals surface area contributed by atoms with Crippen LogP contribution in [0.1, 0.15) is 32.1 Å².